The summed E-state index contributed by atoms with van der Waals surface area (Å²) in [6.07, 6.45) is 7.34. The molecule has 152 valence electrons. The highest BCUT2D eigenvalue weighted by molar-refractivity contribution is 14.0. The standard InChI is InChI=1S/C18H34N4O3.HI/c1-19-17(22-13-18(7-11-23)8-12-25-14-18)21-10-9-20-16(24)15-5-3-2-4-6-15;/h15,23H,2-14H2,1H3,(H,20,24)(H2,19,21,22);1H. The third kappa shape index (κ3) is 7.56. The number of nitrogens with zero attached hydrogens (tertiary/aromatic N) is 1. The van der Waals surface area contributed by atoms with Crippen molar-refractivity contribution in [1.82, 2.24) is 16.0 Å². The highest BCUT2D eigenvalue weighted by atomic mass is 127. The number of rotatable bonds is 8. The molecule has 0 spiro atoms. The molecule has 0 bridgehead atoms. The molecule has 0 radical (unpaired) electrons. The van der Waals surface area contributed by atoms with E-state index in [0.717, 1.165) is 44.8 Å². The summed E-state index contributed by atoms with van der Waals surface area (Å²) < 4.78 is 5.50. The largest absolute Gasteiger partial charge is 0.396 e. The number of carbonyl (C=O) groups is 1. The summed E-state index contributed by atoms with van der Waals surface area (Å²) in [5, 5.41) is 18.9. The molecule has 2 aliphatic rings. The Bertz CT molecular complexity index is 436. The Labute approximate surface area is 174 Å². The predicted molar refractivity (Wildman–Crippen MR) is 114 cm³/mol. The molecule has 7 nitrogen and oxygen atoms in total. The fourth-order valence-electron chi connectivity index (χ4n) is 3.68. The molecule has 1 aliphatic heterocycles. The Morgan fingerprint density at radius 1 is 1.19 bits per heavy atom. The number of halogens is 1. The summed E-state index contributed by atoms with van der Waals surface area (Å²) in [5.74, 6) is 1.11. The van der Waals surface area contributed by atoms with Crippen molar-refractivity contribution in [3.8, 4) is 0 Å². The minimum atomic E-state index is -0.0123. The van der Waals surface area contributed by atoms with Gasteiger partial charge in [0.2, 0.25) is 5.91 Å². The maximum Gasteiger partial charge on any atom is 0.223 e. The van der Waals surface area contributed by atoms with Gasteiger partial charge < -0.3 is 25.8 Å². The highest BCUT2D eigenvalue weighted by Crippen LogP contribution is 2.31. The SMILES string of the molecule is CN=C(NCCNC(=O)C1CCCCC1)NCC1(CCO)CCOC1.I. The smallest absolute Gasteiger partial charge is 0.223 e. The van der Waals surface area contributed by atoms with Gasteiger partial charge in [0, 0.05) is 51.2 Å². The van der Waals surface area contributed by atoms with Crippen molar-refractivity contribution in [2.75, 3.05) is 46.5 Å². The molecule has 2 fully saturated rings. The minimum Gasteiger partial charge on any atom is -0.396 e. The number of aliphatic hydroxyl groups excluding tert-OH is 1. The molecule has 1 unspecified atom stereocenters. The Morgan fingerprint density at radius 2 is 1.92 bits per heavy atom. The lowest BCUT2D eigenvalue weighted by Crippen LogP contribution is -2.46. The Morgan fingerprint density at radius 3 is 2.54 bits per heavy atom. The van der Waals surface area contributed by atoms with Crippen molar-refractivity contribution in [3.05, 3.63) is 0 Å². The van der Waals surface area contributed by atoms with Crippen LogP contribution in [0.3, 0.4) is 0 Å². The van der Waals surface area contributed by atoms with Gasteiger partial charge in [-0.15, -0.1) is 24.0 Å². The monoisotopic (exact) mass is 482 g/mol. The number of hydrogen-bond acceptors (Lipinski definition) is 4. The lowest BCUT2D eigenvalue weighted by atomic mass is 9.84. The molecule has 1 amide bonds. The van der Waals surface area contributed by atoms with Crippen LogP contribution in [0.4, 0.5) is 0 Å². The van der Waals surface area contributed by atoms with Crippen LogP contribution in [0.5, 0.6) is 0 Å². The molecule has 0 aromatic heterocycles. The van der Waals surface area contributed by atoms with Gasteiger partial charge in [-0.2, -0.15) is 0 Å². The van der Waals surface area contributed by atoms with Gasteiger partial charge in [-0.3, -0.25) is 9.79 Å². The molecule has 0 aromatic carbocycles. The van der Waals surface area contributed by atoms with Gasteiger partial charge in [0.15, 0.2) is 5.96 Å². The number of carbonyl (C=O) groups excluding carboxylic acids is 1. The van der Waals surface area contributed by atoms with Crippen LogP contribution in [-0.4, -0.2) is 63.5 Å². The predicted octanol–water partition coefficient (Wildman–Crippen LogP) is 1.25. The van der Waals surface area contributed by atoms with Gasteiger partial charge in [-0.05, 0) is 25.7 Å². The van der Waals surface area contributed by atoms with Gasteiger partial charge in [0.25, 0.3) is 0 Å². The van der Waals surface area contributed by atoms with Crippen molar-refractivity contribution in [2.24, 2.45) is 16.3 Å². The zero-order valence-corrected chi connectivity index (χ0v) is 18.2. The lowest BCUT2D eigenvalue weighted by Gasteiger charge is -2.27. The number of guanidine groups is 1. The van der Waals surface area contributed by atoms with Crippen molar-refractivity contribution < 1.29 is 14.6 Å². The van der Waals surface area contributed by atoms with Crippen LogP contribution in [0.15, 0.2) is 4.99 Å². The van der Waals surface area contributed by atoms with E-state index in [1.807, 2.05) is 0 Å². The maximum absolute atomic E-state index is 12.1. The fraction of sp³-hybridized carbons (Fsp3) is 0.889. The Hall–Kier alpha value is -0.610. The van der Waals surface area contributed by atoms with E-state index in [0.29, 0.717) is 19.7 Å². The summed E-state index contributed by atoms with van der Waals surface area (Å²) in [6, 6.07) is 0. The van der Waals surface area contributed by atoms with Crippen LogP contribution < -0.4 is 16.0 Å². The second kappa shape index (κ2) is 12.7. The molecule has 2 rings (SSSR count). The van der Waals surface area contributed by atoms with Crippen LogP contribution >= 0.6 is 24.0 Å². The van der Waals surface area contributed by atoms with E-state index in [9.17, 15) is 9.90 Å². The Balaban J connectivity index is 0.00000338. The third-order valence-electron chi connectivity index (χ3n) is 5.37. The van der Waals surface area contributed by atoms with Crippen LogP contribution in [0, 0.1) is 11.3 Å². The van der Waals surface area contributed by atoms with Gasteiger partial charge in [-0.25, -0.2) is 0 Å². The number of nitrogens with one attached hydrogen (secondary N) is 3. The average Bonchev–Trinajstić information content (AvgIpc) is 3.11. The van der Waals surface area contributed by atoms with E-state index in [1.165, 1.54) is 19.3 Å². The van der Waals surface area contributed by atoms with Gasteiger partial charge in [-0.1, -0.05) is 19.3 Å². The van der Waals surface area contributed by atoms with E-state index in [1.54, 1.807) is 7.05 Å². The van der Waals surface area contributed by atoms with Gasteiger partial charge in [0.1, 0.15) is 0 Å². The first-order valence-corrected chi connectivity index (χ1v) is 9.60. The van der Waals surface area contributed by atoms with E-state index in [2.05, 4.69) is 20.9 Å². The lowest BCUT2D eigenvalue weighted by molar-refractivity contribution is -0.125. The normalized spacial score (nSPS) is 24.0. The van der Waals surface area contributed by atoms with Crippen molar-refractivity contribution in [2.45, 2.75) is 44.9 Å². The number of amides is 1. The van der Waals surface area contributed by atoms with E-state index in [-0.39, 0.29) is 47.8 Å². The third-order valence-corrected chi connectivity index (χ3v) is 5.37. The number of aliphatic imine (C=N–C) groups is 1. The summed E-state index contributed by atoms with van der Waals surface area (Å²) in [4.78, 5) is 16.3. The highest BCUT2D eigenvalue weighted by Gasteiger charge is 2.34. The molecule has 26 heavy (non-hydrogen) atoms. The summed E-state index contributed by atoms with van der Waals surface area (Å²) in [5.41, 5.74) is -0.0123. The molecule has 8 heteroatoms. The number of ether oxygens (including phenoxy) is 1. The molecule has 4 N–H and O–H groups in total. The quantitative estimate of drug-likeness (QED) is 0.181. The van der Waals surface area contributed by atoms with Crippen LogP contribution in [0.1, 0.15) is 44.9 Å². The van der Waals surface area contributed by atoms with E-state index < -0.39 is 0 Å². The van der Waals surface area contributed by atoms with Gasteiger partial charge in [0.05, 0.1) is 6.61 Å². The van der Waals surface area contributed by atoms with Crippen LogP contribution in [0.25, 0.3) is 0 Å². The van der Waals surface area contributed by atoms with Gasteiger partial charge >= 0.3 is 0 Å². The fourth-order valence-corrected chi connectivity index (χ4v) is 3.68. The van der Waals surface area contributed by atoms with Crippen molar-refractivity contribution in [3.63, 3.8) is 0 Å². The second-order valence-electron chi connectivity index (χ2n) is 7.25. The topological polar surface area (TPSA) is 95.0 Å². The molecule has 0 aromatic rings. The summed E-state index contributed by atoms with van der Waals surface area (Å²) >= 11 is 0. The first-order valence-electron chi connectivity index (χ1n) is 9.60. The average molecular weight is 482 g/mol. The molecule has 1 aliphatic carbocycles. The molecule has 1 atom stereocenters. The second-order valence-corrected chi connectivity index (χ2v) is 7.25. The Kier molecular flexibility index (Phi) is 11.5. The summed E-state index contributed by atoms with van der Waals surface area (Å²) in [6.45, 7) is 3.56. The molecule has 1 heterocycles. The molecular formula is C18H35IN4O3. The van der Waals surface area contributed by atoms with E-state index in [4.69, 9.17) is 4.74 Å². The maximum atomic E-state index is 12.1. The molecule has 1 saturated carbocycles. The minimum absolute atomic E-state index is 0. The van der Waals surface area contributed by atoms with Crippen LogP contribution in [-0.2, 0) is 9.53 Å². The zero-order valence-electron chi connectivity index (χ0n) is 15.9. The number of aliphatic hydroxyl groups is 1. The molecular weight excluding hydrogens is 447 g/mol. The van der Waals surface area contributed by atoms with Crippen molar-refractivity contribution >= 4 is 35.8 Å². The van der Waals surface area contributed by atoms with E-state index >= 15 is 0 Å². The first kappa shape index (κ1) is 23.4. The number of hydrogen-bond donors (Lipinski definition) is 4. The van der Waals surface area contributed by atoms with Crippen molar-refractivity contribution in [1.29, 1.82) is 0 Å². The van der Waals surface area contributed by atoms with Crippen LogP contribution in [0.2, 0.25) is 0 Å². The molecule has 1 saturated heterocycles. The zero-order chi connectivity index (χ0) is 18.0. The summed E-state index contributed by atoms with van der Waals surface area (Å²) in [7, 11) is 1.74. The first-order chi connectivity index (χ1) is 12.2.